The molecular formula is C20H17ClN4O4. The Morgan fingerprint density at radius 1 is 1.21 bits per heavy atom. The van der Waals surface area contributed by atoms with Crippen LogP contribution in [0.4, 0.5) is 11.4 Å². The largest absolute Gasteiger partial charge is 0.455 e. The number of carbonyl (C=O) groups is 1. The monoisotopic (exact) mass is 412 g/mol. The first-order chi connectivity index (χ1) is 13.9. The zero-order chi connectivity index (χ0) is 20.8. The van der Waals surface area contributed by atoms with Crippen molar-refractivity contribution in [2.75, 3.05) is 11.9 Å². The summed E-state index contributed by atoms with van der Waals surface area (Å²) in [5, 5.41) is 17.8. The molecule has 0 saturated carbocycles. The second kappa shape index (κ2) is 9.03. The van der Waals surface area contributed by atoms with Gasteiger partial charge in [0.25, 0.3) is 11.6 Å². The Kier molecular flexibility index (Phi) is 6.25. The number of hydrogen-bond acceptors (Lipinski definition) is 6. The highest BCUT2D eigenvalue weighted by Crippen LogP contribution is 2.31. The lowest BCUT2D eigenvalue weighted by atomic mass is 10.1. The molecule has 0 fully saturated rings. The van der Waals surface area contributed by atoms with Gasteiger partial charge in [-0.1, -0.05) is 29.3 Å². The minimum atomic E-state index is -0.522. The van der Waals surface area contributed by atoms with Crippen LogP contribution in [-0.2, 0) is 4.79 Å². The molecule has 0 unspecified atom stereocenters. The summed E-state index contributed by atoms with van der Waals surface area (Å²) in [5.41, 5.74) is 4.79. The van der Waals surface area contributed by atoms with Crippen molar-refractivity contribution >= 4 is 35.1 Å². The van der Waals surface area contributed by atoms with Gasteiger partial charge in [0.2, 0.25) is 0 Å². The molecule has 0 spiro atoms. The van der Waals surface area contributed by atoms with Crippen molar-refractivity contribution in [1.82, 2.24) is 5.43 Å². The van der Waals surface area contributed by atoms with Crippen molar-refractivity contribution < 1.29 is 14.1 Å². The predicted molar refractivity (Wildman–Crippen MR) is 111 cm³/mol. The Hall–Kier alpha value is -3.65. The normalized spacial score (nSPS) is 10.8. The van der Waals surface area contributed by atoms with Crippen molar-refractivity contribution in [3.05, 3.63) is 81.1 Å². The molecule has 148 valence electrons. The highest BCUT2D eigenvalue weighted by molar-refractivity contribution is 6.33. The van der Waals surface area contributed by atoms with Gasteiger partial charge >= 0.3 is 0 Å². The van der Waals surface area contributed by atoms with Gasteiger partial charge in [0, 0.05) is 23.4 Å². The number of carbonyl (C=O) groups excluding carboxylic acids is 1. The van der Waals surface area contributed by atoms with Crippen LogP contribution in [0.2, 0.25) is 5.02 Å². The molecule has 0 aliphatic carbocycles. The lowest BCUT2D eigenvalue weighted by Crippen LogP contribution is -2.25. The zero-order valence-corrected chi connectivity index (χ0v) is 16.1. The summed E-state index contributed by atoms with van der Waals surface area (Å²) in [4.78, 5) is 22.1. The molecule has 1 amide bonds. The van der Waals surface area contributed by atoms with Crippen LogP contribution >= 0.6 is 11.6 Å². The SMILES string of the molecule is Cc1ccc(NCC(=O)N/N=C/c2ccc(-c3ccc([N+](=O)[O-])cc3Cl)o2)cc1. The predicted octanol–water partition coefficient (Wildman–Crippen LogP) is 4.38. The van der Waals surface area contributed by atoms with Gasteiger partial charge in [0.15, 0.2) is 0 Å². The van der Waals surface area contributed by atoms with Crippen LogP contribution in [0, 0.1) is 17.0 Å². The molecule has 9 heteroatoms. The molecule has 0 atom stereocenters. The van der Waals surface area contributed by atoms with Crippen molar-refractivity contribution in [3.63, 3.8) is 0 Å². The Labute approximate surface area is 171 Å². The fourth-order valence-corrected chi connectivity index (χ4v) is 2.71. The fraction of sp³-hybridized carbons (Fsp3) is 0.100. The second-order valence-corrected chi connectivity index (χ2v) is 6.54. The van der Waals surface area contributed by atoms with Gasteiger partial charge in [-0.3, -0.25) is 14.9 Å². The van der Waals surface area contributed by atoms with Gasteiger partial charge in [0.1, 0.15) is 11.5 Å². The van der Waals surface area contributed by atoms with Gasteiger partial charge in [-0.2, -0.15) is 5.10 Å². The molecule has 3 aromatic rings. The first-order valence-electron chi connectivity index (χ1n) is 8.59. The van der Waals surface area contributed by atoms with Gasteiger partial charge in [-0.05, 0) is 37.3 Å². The average molecular weight is 413 g/mol. The van der Waals surface area contributed by atoms with Gasteiger partial charge in [-0.25, -0.2) is 5.43 Å². The summed E-state index contributed by atoms with van der Waals surface area (Å²) >= 11 is 6.10. The van der Waals surface area contributed by atoms with Gasteiger partial charge in [0.05, 0.1) is 22.7 Å². The van der Waals surface area contributed by atoms with E-state index in [9.17, 15) is 14.9 Å². The summed E-state index contributed by atoms with van der Waals surface area (Å²) < 4.78 is 5.60. The number of anilines is 1. The summed E-state index contributed by atoms with van der Waals surface area (Å²) in [6.45, 7) is 2.06. The topological polar surface area (TPSA) is 110 Å². The molecule has 8 nitrogen and oxygen atoms in total. The van der Waals surface area contributed by atoms with Gasteiger partial charge in [-0.15, -0.1) is 0 Å². The third-order valence-electron chi connectivity index (χ3n) is 3.94. The minimum absolute atomic E-state index is 0.0716. The number of hydrogen-bond donors (Lipinski definition) is 2. The number of non-ortho nitro benzene ring substituents is 1. The number of nitro groups is 1. The standard InChI is InChI=1S/C20H17ClN4O4/c1-13-2-4-14(5-3-13)22-12-20(26)24-23-11-16-7-9-19(29-16)17-8-6-15(25(27)28)10-18(17)21/h2-11,22H,12H2,1H3,(H,24,26)/b23-11+. The van der Waals surface area contributed by atoms with E-state index in [0.29, 0.717) is 17.1 Å². The van der Waals surface area contributed by atoms with E-state index in [1.54, 1.807) is 12.1 Å². The van der Waals surface area contributed by atoms with E-state index < -0.39 is 4.92 Å². The van der Waals surface area contributed by atoms with Crippen molar-refractivity contribution in [1.29, 1.82) is 0 Å². The molecule has 2 aromatic carbocycles. The number of nitrogens with zero attached hydrogens (tertiary/aromatic N) is 2. The number of benzene rings is 2. The van der Waals surface area contributed by atoms with E-state index >= 15 is 0 Å². The highest BCUT2D eigenvalue weighted by Gasteiger charge is 2.13. The summed E-state index contributed by atoms with van der Waals surface area (Å²) in [5.74, 6) is 0.506. The van der Waals surface area contributed by atoms with Crippen LogP contribution < -0.4 is 10.7 Å². The summed E-state index contributed by atoms with van der Waals surface area (Å²) in [7, 11) is 0. The maximum Gasteiger partial charge on any atom is 0.270 e. The molecule has 3 rings (SSSR count). The number of hydrazone groups is 1. The molecule has 29 heavy (non-hydrogen) atoms. The van der Waals surface area contributed by atoms with E-state index in [4.69, 9.17) is 16.0 Å². The molecule has 0 bridgehead atoms. The van der Waals surface area contributed by atoms with Crippen LogP contribution in [-0.4, -0.2) is 23.6 Å². The quantitative estimate of drug-likeness (QED) is 0.340. The first kappa shape index (κ1) is 20.1. The smallest absolute Gasteiger partial charge is 0.270 e. The molecular weight excluding hydrogens is 396 g/mol. The van der Waals surface area contributed by atoms with Crippen LogP contribution in [0.15, 0.2) is 64.1 Å². The zero-order valence-electron chi connectivity index (χ0n) is 15.4. The van der Waals surface area contributed by atoms with Crippen LogP contribution in [0.5, 0.6) is 0 Å². The second-order valence-electron chi connectivity index (χ2n) is 6.14. The average Bonchev–Trinajstić information content (AvgIpc) is 3.16. The molecule has 2 N–H and O–H groups in total. The maximum atomic E-state index is 11.8. The first-order valence-corrected chi connectivity index (χ1v) is 8.97. The number of nitrogens with one attached hydrogen (secondary N) is 2. The van der Waals surface area contributed by atoms with Crippen LogP contribution in [0.1, 0.15) is 11.3 Å². The fourth-order valence-electron chi connectivity index (χ4n) is 2.45. The lowest BCUT2D eigenvalue weighted by molar-refractivity contribution is -0.384. The maximum absolute atomic E-state index is 11.8. The van der Waals surface area contributed by atoms with E-state index in [0.717, 1.165) is 11.3 Å². The number of aryl methyl sites for hydroxylation is 1. The summed E-state index contributed by atoms with van der Waals surface area (Å²) in [6, 6.07) is 15.1. The highest BCUT2D eigenvalue weighted by atomic mass is 35.5. The molecule has 0 aliphatic heterocycles. The number of nitro benzene ring substituents is 1. The van der Waals surface area contributed by atoms with Crippen molar-refractivity contribution in [2.24, 2.45) is 5.10 Å². The third-order valence-corrected chi connectivity index (χ3v) is 4.25. The number of furan rings is 1. The Balaban J connectivity index is 1.55. The molecule has 1 aromatic heterocycles. The molecule has 0 aliphatic rings. The Morgan fingerprint density at radius 2 is 1.97 bits per heavy atom. The van der Waals surface area contributed by atoms with E-state index in [1.807, 2.05) is 31.2 Å². The number of halogens is 1. The molecule has 1 heterocycles. The van der Waals surface area contributed by atoms with Gasteiger partial charge < -0.3 is 9.73 Å². The number of amides is 1. The van der Waals surface area contributed by atoms with Crippen LogP contribution in [0.25, 0.3) is 11.3 Å². The van der Waals surface area contributed by atoms with Crippen molar-refractivity contribution in [2.45, 2.75) is 6.92 Å². The minimum Gasteiger partial charge on any atom is -0.455 e. The Bertz CT molecular complexity index is 1060. The Morgan fingerprint density at radius 3 is 2.66 bits per heavy atom. The number of rotatable bonds is 7. The van der Waals surface area contributed by atoms with Crippen molar-refractivity contribution in [3.8, 4) is 11.3 Å². The van der Waals surface area contributed by atoms with E-state index in [-0.39, 0.29) is 23.2 Å². The molecule has 0 radical (unpaired) electrons. The summed E-state index contributed by atoms with van der Waals surface area (Å²) in [6.07, 6.45) is 1.35. The van der Waals surface area contributed by atoms with E-state index in [1.165, 1.54) is 24.4 Å². The lowest BCUT2D eigenvalue weighted by Gasteiger charge is -2.05. The van der Waals surface area contributed by atoms with Crippen LogP contribution in [0.3, 0.4) is 0 Å². The third kappa shape index (κ3) is 5.43. The molecule has 0 saturated heterocycles. The van der Waals surface area contributed by atoms with E-state index in [2.05, 4.69) is 15.8 Å².